The van der Waals surface area contributed by atoms with Gasteiger partial charge in [0, 0.05) is 12.8 Å². The molecule has 0 spiro atoms. The largest absolute Gasteiger partial charge is 0.508 e. The number of aromatic hydroxyl groups is 2. The van der Waals surface area contributed by atoms with E-state index in [1.54, 1.807) is 24.3 Å². The second-order valence-electron chi connectivity index (χ2n) is 7.84. The fraction of sp³-hybridized carbons (Fsp3) is 0.478. The predicted molar refractivity (Wildman–Crippen MR) is 106 cm³/mol. The lowest BCUT2D eigenvalue weighted by Crippen LogP contribution is -2.52. The van der Waals surface area contributed by atoms with Gasteiger partial charge in [0.2, 0.25) is 0 Å². The highest BCUT2D eigenvalue weighted by Gasteiger charge is 2.28. The van der Waals surface area contributed by atoms with Crippen molar-refractivity contribution in [1.29, 1.82) is 0 Å². The number of nitrogens with zero attached hydrogens (tertiary/aromatic N) is 1. The van der Waals surface area contributed by atoms with E-state index >= 15 is 0 Å². The van der Waals surface area contributed by atoms with Gasteiger partial charge in [-0.05, 0) is 67.5 Å². The number of quaternary nitrogens is 1. The molecule has 1 heterocycles. The van der Waals surface area contributed by atoms with E-state index in [1.165, 1.54) is 73.9 Å². The van der Waals surface area contributed by atoms with Crippen LogP contribution in [-0.2, 0) is 12.8 Å². The number of hydrogen-bond acceptors (Lipinski definition) is 2. The molecule has 0 unspecified atom stereocenters. The van der Waals surface area contributed by atoms with Crippen molar-refractivity contribution >= 4 is 0 Å². The molecule has 0 atom stereocenters. The molecule has 1 aliphatic heterocycles. The standard InChI is InChI=1S/C23H31NO2/c25-22-12-8-20(9-13-22)6-4-18-24(16-2-1-3-17-24)19-5-7-21-10-14-23(26)15-11-21/h8-15H,1-7,16-19H2,(H-,25,26)/p+1. The molecule has 0 radical (unpaired) electrons. The van der Waals surface area contributed by atoms with E-state index in [1.807, 2.05) is 24.3 Å². The van der Waals surface area contributed by atoms with Crippen molar-refractivity contribution in [1.82, 2.24) is 0 Å². The maximum Gasteiger partial charge on any atom is 0.115 e. The first-order valence-corrected chi connectivity index (χ1v) is 10.1. The molecule has 2 aromatic rings. The van der Waals surface area contributed by atoms with Gasteiger partial charge < -0.3 is 14.7 Å². The molecule has 1 fully saturated rings. The molecule has 3 nitrogen and oxygen atoms in total. The van der Waals surface area contributed by atoms with Crippen LogP contribution in [0.25, 0.3) is 0 Å². The molecule has 0 saturated carbocycles. The second-order valence-corrected chi connectivity index (χ2v) is 7.84. The monoisotopic (exact) mass is 354 g/mol. The Bertz CT molecular complexity index is 604. The van der Waals surface area contributed by atoms with Crippen LogP contribution in [-0.4, -0.2) is 40.9 Å². The van der Waals surface area contributed by atoms with Gasteiger partial charge in [0.1, 0.15) is 11.5 Å². The summed E-state index contributed by atoms with van der Waals surface area (Å²) in [5.41, 5.74) is 2.64. The first-order valence-electron chi connectivity index (χ1n) is 10.1. The normalized spacial score (nSPS) is 16.5. The van der Waals surface area contributed by atoms with E-state index in [2.05, 4.69) is 0 Å². The summed E-state index contributed by atoms with van der Waals surface area (Å²) < 4.78 is 1.27. The smallest absolute Gasteiger partial charge is 0.115 e. The van der Waals surface area contributed by atoms with Crippen molar-refractivity contribution < 1.29 is 14.7 Å². The van der Waals surface area contributed by atoms with E-state index in [-0.39, 0.29) is 0 Å². The molecule has 0 amide bonds. The number of phenolic OH excluding ortho intramolecular Hbond substituents is 2. The summed E-state index contributed by atoms with van der Waals surface area (Å²) in [6.45, 7) is 5.17. The molecule has 1 aliphatic rings. The van der Waals surface area contributed by atoms with Crippen LogP contribution in [0.4, 0.5) is 0 Å². The minimum Gasteiger partial charge on any atom is -0.508 e. The molecule has 1 saturated heterocycles. The van der Waals surface area contributed by atoms with Crippen molar-refractivity contribution in [3.63, 3.8) is 0 Å². The number of likely N-dealkylation sites (tertiary alicyclic amines) is 1. The van der Waals surface area contributed by atoms with E-state index < -0.39 is 0 Å². The van der Waals surface area contributed by atoms with Crippen LogP contribution in [0.3, 0.4) is 0 Å². The van der Waals surface area contributed by atoms with Crippen molar-refractivity contribution in [3.8, 4) is 11.5 Å². The lowest BCUT2D eigenvalue weighted by molar-refractivity contribution is -0.932. The number of aryl methyl sites for hydroxylation is 2. The summed E-state index contributed by atoms with van der Waals surface area (Å²) in [6.07, 6.45) is 8.72. The van der Waals surface area contributed by atoms with Crippen LogP contribution in [0, 0.1) is 0 Å². The Morgan fingerprint density at radius 2 is 1.04 bits per heavy atom. The van der Waals surface area contributed by atoms with Crippen LogP contribution in [0.5, 0.6) is 11.5 Å². The molecule has 0 bridgehead atoms. The Morgan fingerprint density at radius 1 is 0.615 bits per heavy atom. The third-order valence-electron chi connectivity index (χ3n) is 5.83. The fourth-order valence-corrected chi connectivity index (χ4v) is 4.30. The zero-order chi connectivity index (χ0) is 18.2. The average molecular weight is 355 g/mol. The van der Waals surface area contributed by atoms with Crippen molar-refractivity contribution in [2.24, 2.45) is 0 Å². The Morgan fingerprint density at radius 3 is 1.46 bits per heavy atom. The minimum atomic E-state index is 0.350. The zero-order valence-corrected chi connectivity index (χ0v) is 15.7. The predicted octanol–water partition coefficient (Wildman–Crippen LogP) is 4.66. The van der Waals surface area contributed by atoms with Gasteiger partial charge in [0.05, 0.1) is 26.2 Å². The number of hydrogen-bond donors (Lipinski definition) is 2. The molecule has 3 rings (SSSR count). The number of rotatable bonds is 8. The third-order valence-corrected chi connectivity index (χ3v) is 5.83. The fourth-order valence-electron chi connectivity index (χ4n) is 4.30. The van der Waals surface area contributed by atoms with Gasteiger partial charge >= 0.3 is 0 Å². The van der Waals surface area contributed by atoms with E-state index in [4.69, 9.17) is 0 Å². The molecule has 0 aromatic heterocycles. The van der Waals surface area contributed by atoms with Gasteiger partial charge in [0.15, 0.2) is 0 Å². The first-order chi connectivity index (χ1) is 12.7. The van der Waals surface area contributed by atoms with Crippen molar-refractivity contribution in [2.75, 3.05) is 26.2 Å². The zero-order valence-electron chi connectivity index (χ0n) is 15.7. The minimum absolute atomic E-state index is 0.350. The quantitative estimate of drug-likeness (QED) is 0.677. The number of phenols is 2. The Balaban J connectivity index is 1.50. The highest BCUT2D eigenvalue weighted by Crippen LogP contribution is 2.22. The summed E-state index contributed by atoms with van der Waals surface area (Å²) >= 11 is 0. The topological polar surface area (TPSA) is 40.5 Å². The third kappa shape index (κ3) is 5.50. The highest BCUT2D eigenvalue weighted by molar-refractivity contribution is 5.26. The molecule has 140 valence electrons. The molecule has 2 N–H and O–H groups in total. The molecule has 0 aliphatic carbocycles. The van der Waals surface area contributed by atoms with Crippen molar-refractivity contribution in [2.45, 2.75) is 44.9 Å². The van der Waals surface area contributed by atoms with Gasteiger partial charge in [0.25, 0.3) is 0 Å². The SMILES string of the molecule is Oc1ccc(CCC[N+]2(CCCc3ccc(O)cc3)CCCCC2)cc1. The second kappa shape index (κ2) is 9.09. The van der Waals surface area contributed by atoms with Crippen LogP contribution in [0.1, 0.15) is 43.2 Å². The van der Waals surface area contributed by atoms with Gasteiger partial charge in [-0.15, -0.1) is 0 Å². The van der Waals surface area contributed by atoms with Gasteiger partial charge in [-0.3, -0.25) is 0 Å². The van der Waals surface area contributed by atoms with Crippen LogP contribution >= 0.6 is 0 Å². The molecular formula is C23H32NO2+. The van der Waals surface area contributed by atoms with Gasteiger partial charge in [-0.1, -0.05) is 24.3 Å². The van der Waals surface area contributed by atoms with Crippen molar-refractivity contribution in [3.05, 3.63) is 59.7 Å². The summed E-state index contributed by atoms with van der Waals surface area (Å²) in [6, 6.07) is 15.3. The Kier molecular flexibility index (Phi) is 6.56. The summed E-state index contributed by atoms with van der Waals surface area (Å²) in [5, 5.41) is 18.8. The molecular weight excluding hydrogens is 322 g/mol. The number of piperidine rings is 1. The molecule has 3 heteroatoms. The van der Waals surface area contributed by atoms with Crippen LogP contribution < -0.4 is 0 Å². The van der Waals surface area contributed by atoms with Gasteiger partial charge in [-0.2, -0.15) is 0 Å². The highest BCUT2D eigenvalue weighted by atomic mass is 16.3. The lowest BCUT2D eigenvalue weighted by atomic mass is 10.0. The maximum atomic E-state index is 9.42. The van der Waals surface area contributed by atoms with E-state index in [0.29, 0.717) is 11.5 Å². The van der Waals surface area contributed by atoms with E-state index in [0.717, 1.165) is 12.8 Å². The Labute approximate surface area is 157 Å². The summed E-state index contributed by atoms with van der Waals surface area (Å²) in [4.78, 5) is 0. The average Bonchev–Trinajstić information content (AvgIpc) is 2.66. The molecule has 26 heavy (non-hydrogen) atoms. The summed E-state index contributed by atoms with van der Waals surface area (Å²) in [7, 11) is 0. The Hall–Kier alpha value is -2.00. The number of benzene rings is 2. The first kappa shape index (κ1) is 18.8. The van der Waals surface area contributed by atoms with Crippen LogP contribution in [0.15, 0.2) is 48.5 Å². The van der Waals surface area contributed by atoms with Gasteiger partial charge in [-0.25, -0.2) is 0 Å². The van der Waals surface area contributed by atoms with Crippen LogP contribution in [0.2, 0.25) is 0 Å². The van der Waals surface area contributed by atoms with E-state index in [9.17, 15) is 10.2 Å². The lowest BCUT2D eigenvalue weighted by Gasteiger charge is -2.42. The summed E-state index contributed by atoms with van der Waals surface area (Å²) in [5.74, 6) is 0.699. The molecule has 2 aromatic carbocycles. The maximum absolute atomic E-state index is 9.42.